The van der Waals surface area contributed by atoms with Gasteiger partial charge < -0.3 is 10.2 Å². The van der Waals surface area contributed by atoms with Crippen molar-refractivity contribution in [1.82, 2.24) is 9.78 Å². The fraction of sp³-hybridized carbons (Fsp3) is 0.476. The van der Waals surface area contributed by atoms with Crippen LogP contribution in [0.15, 0.2) is 54.6 Å². The van der Waals surface area contributed by atoms with Crippen LogP contribution in [0, 0.1) is 16.9 Å². The molecule has 5 heteroatoms. The van der Waals surface area contributed by atoms with Gasteiger partial charge in [0.1, 0.15) is 0 Å². The van der Waals surface area contributed by atoms with Gasteiger partial charge in [0.2, 0.25) is 0 Å². The fourth-order valence-corrected chi connectivity index (χ4v) is 1.59. The van der Waals surface area contributed by atoms with Gasteiger partial charge in [-0.1, -0.05) is 49.0 Å². The van der Waals surface area contributed by atoms with Crippen LogP contribution in [0.1, 0.15) is 49.0 Å². The summed E-state index contributed by atoms with van der Waals surface area (Å²) in [6.07, 6.45) is 4.57. The van der Waals surface area contributed by atoms with Crippen molar-refractivity contribution in [3.05, 3.63) is 60.6 Å². The van der Waals surface area contributed by atoms with Gasteiger partial charge in [0.15, 0.2) is 0 Å². The molecule has 4 nitrogen and oxygen atoms in total. The molecule has 1 radical (unpaired) electrons. The van der Waals surface area contributed by atoms with Gasteiger partial charge in [0.05, 0.1) is 11.9 Å². The Balaban J connectivity index is 0. The molecule has 0 amide bonds. The minimum Gasteiger partial charge on any atom is -0.512 e. The van der Waals surface area contributed by atoms with Crippen LogP contribution < -0.4 is 0 Å². The van der Waals surface area contributed by atoms with Crippen LogP contribution in [0.5, 0.6) is 0 Å². The van der Waals surface area contributed by atoms with Gasteiger partial charge in [-0.2, -0.15) is 29.4 Å². The van der Waals surface area contributed by atoms with Crippen molar-refractivity contribution < 1.29 is 30.3 Å². The summed E-state index contributed by atoms with van der Waals surface area (Å²) in [5.41, 5.74) is 0.461. The van der Waals surface area contributed by atoms with E-state index in [1.165, 1.54) is 6.08 Å². The van der Waals surface area contributed by atoms with Crippen molar-refractivity contribution in [3.63, 3.8) is 0 Å². The molecule has 1 aromatic carbocycles. The molecule has 1 aromatic heterocycles. The standard InChI is InChI=1S/C11H22O2.C9H7N2.CH4.Ir/c1-10(2,3)8(12)7-9(13)11(4,5)6;1-2-5-9(6-3-1)11-8-4-7-10-11;;/h7-8,12-13H,1-6H3;1-5,7-8H;1H4;/q;-1;;. The van der Waals surface area contributed by atoms with Crippen molar-refractivity contribution in [2.75, 3.05) is 0 Å². The van der Waals surface area contributed by atoms with Crippen molar-refractivity contribution >= 4 is 0 Å². The molecule has 0 fully saturated rings. The summed E-state index contributed by atoms with van der Waals surface area (Å²) in [4.78, 5) is 0. The molecule has 2 N–H and O–H groups in total. The zero-order valence-corrected chi connectivity index (χ0v) is 18.2. The first kappa shape index (κ1) is 26.8. The second kappa shape index (κ2) is 11.3. The van der Waals surface area contributed by atoms with Gasteiger partial charge >= 0.3 is 0 Å². The molecule has 1 heterocycles. The molecule has 149 valence electrons. The Bertz CT molecular complexity index is 624. The zero-order valence-electron chi connectivity index (χ0n) is 15.8. The van der Waals surface area contributed by atoms with E-state index < -0.39 is 6.10 Å². The monoisotopic (exact) mass is 538 g/mol. The molecule has 0 aliphatic carbocycles. The summed E-state index contributed by atoms with van der Waals surface area (Å²) in [5.74, 6) is 0.245. The van der Waals surface area contributed by atoms with E-state index in [9.17, 15) is 10.2 Å². The largest absolute Gasteiger partial charge is 0.512 e. The maximum absolute atomic E-state index is 9.68. The summed E-state index contributed by atoms with van der Waals surface area (Å²) >= 11 is 0. The Hall–Kier alpha value is -1.42. The van der Waals surface area contributed by atoms with Crippen LogP contribution in [0.25, 0.3) is 5.69 Å². The van der Waals surface area contributed by atoms with Crippen LogP contribution in [-0.4, -0.2) is 26.1 Å². The van der Waals surface area contributed by atoms with E-state index in [2.05, 4.69) is 11.2 Å². The predicted molar refractivity (Wildman–Crippen MR) is 105 cm³/mol. The Morgan fingerprint density at radius 3 is 2.15 bits per heavy atom. The molecule has 1 atom stereocenters. The molecular weight excluding hydrogens is 504 g/mol. The van der Waals surface area contributed by atoms with Crippen molar-refractivity contribution in [3.8, 4) is 5.69 Å². The summed E-state index contributed by atoms with van der Waals surface area (Å²) in [5, 5.41) is 23.4. The SMILES string of the molecule is C.CC(C)(C)C(O)=CC(O)C(C)(C)C.[Ir].[c-]1ccccc1-n1cccn1. The first-order valence-electron chi connectivity index (χ1n) is 8.08. The summed E-state index contributed by atoms with van der Waals surface area (Å²) in [6.45, 7) is 11.5. The first-order chi connectivity index (χ1) is 11.0. The molecule has 0 aliphatic rings. The van der Waals surface area contributed by atoms with Crippen LogP contribution in [0.3, 0.4) is 0 Å². The van der Waals surface area contributed by atoms with Crippen molar-refractivity contribution in [1.29, 1.82) is 0 Å². The van der Waals surface area contributed by atoms with Gasteiger partial charge in [-0.3, -0.25) is 4.68 Å². The Kier molecular flexibility index (Phi) is 11.7. The Morgan fingerprint density at radius 1 is 1.15 bits per heavy atom. The summed E-state index contributed by atoms with van der Waals surface area (Å²) in [7, 11) is 0. The van der Waals surface area contributed by atoms with E-state index in [4.69, 9.17) is 0 Å². The van der Waals surface area contributed by atoms with Crippen LogP contribution in [0.2, 0.25) is 0 Å². The average molecular weight is 538 g/mol. The van der Waals surface area contributed by atoms with Gasteiger partial charge in [-0.15, -0.1) is 6.07 Å². The topological polar surface area (TPSA) is 58.3 Å². The third-order valence-electron chi connectivity index (χ3n) is 3.42. The number of nitrogens with zero attached hydrogens (tertiary/aromatic N) is 2. The van der Waals surface area contributed by atoms with E-state index in [0.29, 0.717) is 0 Å². The molecular formula is C21H33IrN2O2-. The average Bonchev–Trinajstić information content (AvgIpc) is 3.01. The van der Waals surface area contributed by atoms with Gasteiger partial charge in [0.25, 0.3) is 0 Å². The predicted octanol–water partition coefficient (Wildman–Crippen LogP) is 5.19. The van der Waals surface area contributed by atoms with Crippen molar-refractivity contribution in [2.45, 2.75) is 55.1 Å². The maximum atomic E-state index is 9.68. The molecule has 0 spiro atoms. The first-order valence-corrected chi connectivity index (χ1v) is 8.08. The number of rotatable bonds is 2. The van der Waals surface area contributed by atoms with Crippen LogP contribution in [-0.2, 0) is 20.1 Å². The number of aliphatic hydroxyl groups excluding tert-OH is 2. The number of aromatic nitrogens is 2. The fourth-order valence-electron chi connectivity index (χ4n) is 1.59. The van der Waals surface area contributed by atoms with Crippen LogP contribution in [0.4, 0.5) is 0 Å². The molecule has 2 rings (SSSR count). The van der Waals surface area contributed by atoms with E-state index in [1.54, 1.807) is 10.9 Å². The molecule has 0 saturated carbocycles. The van der Waals surface area contributed by atoms with Gasteiger partial charge in [-0.25, -0.2) is 0 Å². The number of hydrogen-bond donors (Lipinski definition) is 2. The third-order valence-corrected chi connectivity index (χ3v) is 3.42. The van der Waals surface area contributed by atoms with Crippen molar-refractivity contribution in [2.24, 2.45) is 10.8 Å². The van der Waals surface area contributed by atoms with Gasteiger partial charge in [-0.05, 0) is 23.2 Å². The number of para-hydroxylation sites is 1. The molecule has 26 heavy (non-hydrogen) atoms. The van der Waals surface area contributed by atoms with E-state index >= 15 is 0 Å². The minimum absolute atomic E-state index is 0. The Labute approximate surface area is 172 Å². The quantitative estimate of drug-likeness (QED) is 0.410. The molecule has 2 aromatic rings. The molecule has 0 bridgehead atoms. The van der Waals surface area contributed by atoms with E-state index in [0.717, 1.165) is 5.69 Å². The Morgan fingerprint density at radius 2 is 1.77 bits per heavy atom. The second-order valence-corrected chi connectivity index (χ2v) is 7.81. The third kappa shape index (κ3) is 9.32. The molecule has 0 saturated heterocycles. The van der Waals surface area contributed by atoms with E-state index in [1.807, 2.05) is 78.1 Å². The smallest absolute Gasteiger partial charge is 0.0961 e. The van der Waals surface area contributed by atoms with E-state index in [-0.39, 0.29) is 44.1 Å². The number of aliphatic hydroxyl groups is 2. The molecule has 1 unspecified atom stereocenters. The second-order valence-electron chi connectivity index (χ2n) is 7.81. The number of allylic oxidation sites excluding steroid dienone is 1. The minimum atomic E-state index is -0.605. The summed E-state index contributed by atoms with van der Waals surface area (Å²) in [6, 6.07) is 12.7. The zero-order chi connectivity index (χ0) is 18.4. The van der Waals surface area contributed by atoms with Crippen LogP contribution >= 0.6 is 0 Å². The summed E-state index contributed by atoms with van der Waals surface area (Å²) < 4.78 is 1.78. The van der Waals surface area contributed by atoms with Gasteiger partial charge in [0, 0.05) is 37.9 Å². The number of benzene rings is 1. The number of hydrogen-bond acceptors (Lipinski definition) is 3. The normalized spacial score (nSPS) is 12.8. The maximum Gasteiger partial charge on any atom is 0.0961 e. The molecule has 0 aliphatic heterocycles.